The molecule has 0 aliphatic rings. The Kier molecular flexibility index (Phi) is 6.35. The molecule has 0 bridgehead atoms. The third-order valence-electron chi connectivity index (χ3n) is 2.01. The lowest BCUT2D eigenvalue weighted by molar-refractivity contribution is 0.0954. The second-order valence-electron chi connectivity index (χ2n) is 3.47. The van der Waals surface area contributed by atoms with Crippen molar-refractivity contribution in [2.75, 3.05) is 6.61 Å². The van der Waals surface area contributed by atoms with Crippen LogP contribution in [0.5, 0.6) is 0 Å². The van der Waals surface area contributed by atoms with Gasteiger partial charge in [-0.15, -0.1) is 0 Å². The molecular weight excluding hydrogens is 236 g/mol. The minimum Gasteiger partial charge on any atom is -0.402 e. The number of nitrogens with zero attached hydrogens (tertiary/aromatic N) is 1. The SMILES string of the molecule is C/C(N)=C(\CCO)SC=[O+]Cc1cccnc1. The first-order valence-electron chi connectivity index (χ1n) is 5.29. The van der Waals surface area contributed by atoms with Gasteiger partial charge < -0.3 is 10.8 Å². The van der Waals surface area contributed by atoms with Gasteiger partial charge in [0, 0.05) is 47.8 Å². The highest BCUT2D eigenvalue weighted by Gasteiger charge is 2.03. The van der Waals surface area contributed by atoms with Gasteiger partial charge in [0.05, 0.1) is 5.56 Å². The molecule has 0 saturated heterocycles. The van der Waals surface area contributed by atoms with Crippen molar-refractivity contribution in [1.29, 1.82) is 0 Å². The fourth-order valence-corrected chi connectivity index (χ4v) is 1.80. The maximum atomic E-state index is 8.85. The average Bonchev–Trinajstić information content (AvgIpc) is 2.34. The molecule has 1 heterocycles. The zero-order valence-electron chi connectivity index (χ0n) is 9.80. The summed E-state index contributed by atoms with van der Waals surface area (Å²) in [7, 11) is 0. The molecule has 1 rings (SSSR count). The van der Waals surface area contributed by atoms with Gasteiger partial charge >= 0.3 is 5.62 Å². The van der Waals surface area contributed by atoms with Crippen LogP contribution in [0.15, 0.2) is 35.1 Å². The van der Waals surface area contributed by atoms with Crippen LogP contribution >= 0.6 is 11.8 Å². The molecule has 92 valence electrons. The molecule has 0 aliphatic heterocycles. The van der Waals surface area contributed by atoms with Gasteiger partial charge in [-0.05, 0) is 19.1 Å². The Bertz CT molecular complexity index is 387. The molecule has 0 unspecified atom stereocenters. The van der Waals surface area contributed by atoms with Crippen LogP contribution in [-0.2, 0) is 11.0 Å². The van der Waals surface area contributed by atoms with Crippen LogP contribution in [-0.4, -0.2) is 22.3 Å². The number of hydrogen-bond donors (Lipinski definition) is 2. The van der Waals surface area contributed by atoms with Gasteiger partial charge in [-0.2, -0.15) is 0 Å². The van der Waals surface area contributed by atoms with E-state index in [4.69, 9.17) is 15.3 Å². The smallest absolute Gasteiger partial charge is 0.347 e. The predicted octanol–water partition coefficient (Wildman–Crippen LogP) is 1.61. The van der Waals surface area contributed by atoms with E-state index in [0.29, 0.717) is 18.7 Å². The lowest BCUT2D eigenvalue weighted by Gasteiger charge is -2.00. The van der Waals surface area contributed by atoms with Crippen molar-refractivity contribution in [1.82, 2.24) is 4.98 Å². The molecule has 1 aromatic heterocycles. The Morgan fingerprint density at radius 1 is 1.65 bits per heavy atom. The highest BCUT2D eigenvalue weighted by Crippen LogP contribution is 2.18. The first-order valence-corrected chi connectivity index (χ1v) is 6.17. The number of aliphatic hydroxyl groups excluding tert-OH is 1. The third-order valence-corrected chi connectivity index (χ3v) is 3.05. The average molecular weight is 253 g/mol. The van der Waals surface area contributed by atoms with Gasteiger partial charge in [0.25, 0.3) is 6.61 Å². The summed E-state index contributed by atoms with van der Waals surface area (Å²) in [5.74, 6) is 0. The summed E-state index contributed by atoms with van der Waals surface area (Å²) < 4.78 is 5.37. The lowest BCUT2D eigenvalue weighted by Crippen LogP contribution is -1.98. The highest BCUT2D eigenvalue weighted by atomic mass is 32.2. The normalized spacial score (nSPS) is 12.8. The molecule has 0 radical (unpaired) electrons. The summed E-state index contributed by atoms with van der Waals surface area (Å²) in [6.07, 6.45) is 4.04. The van der Waals surface area contributed by atoms with Crippen molar-refractivity contribution < 1.29 is 9.53 Å². The Balaban J connectivity index is 2.42. The van der Waals surface area contributed by atoms with E-state index in [2.05, 4.69) is 4.98 Å². The van der Waals surface area contributed by atoms with Crippen LogP contribution in [0.25, 0.3) is 0 Å². The monoisotopic (exact) mass is 253 g/mol. The van der Waals surface area contributed by atoms with Crippen molar-refractivity contribution in [3.8, 4) is 0 Å². The molecule has 5 heteroatoms. The van der Waals surface area contributed by atoms with Crippen LogP contribution in [0.3, 0.4) is 0 Å². The Morgan fingerprint density at radius 2 is 2.47 bits per heavy atom. The van der Waals surface area contributed by atoms with Crippen molar-refractivity contribution in [3.05, 3.63) is 40.7 Å². The number of aliphatic hydroxyl groups is 1. The van der Waals surface area contributed by atoms with Crippen LogP contribution in [0.4, 0.5) is 0 Å². The summed E-state index contributed by atoms with van der Waals surface area (Å²) in [6, 6.07) is 3.82. The van der Waals surface area contributed by atoms with E-state index in [1.54, 1.807) is 18.0 Å². The zero-order chi connectivity index (χ0) is 12.5. The number of hydrogen-bond acceptors (Lipinski definition) is 4. The van der Waals surface area contributed by atoms with E-state index in [0.717, 1.165) is 10.5 Å². The maximum absolute atomic E-state index is 8.85. The van der Waals surface area contributed by atoms with Gasteiger partial charge in [0.2, 0.25) is 0 Å². The van der Waals surface area contributed by atoms with E-state index in [1.165, 1.54) is 11.8 Å². The van der Waals surface area contributed by atoms with Gasteiger partial charge in [-0.1, -0.05) is 0 Å². The standard InChI is InChI=1S/C12H17N2O2S/c1-10(13)12(4-6-15)17-9-16-8-11-3-2-5-14-7-11/h2-3,5,7,9,15H,4,6,8,13H2,1H3/q+1/b12-10-. The predicted molar refractivity (Wildman–Crippen MR) is 70.9 cm³/mol. The molecular formula is C12H17N2O2S+. The first kappa shape index (κ1) is 13.7. The highest BCUT2D eigenvalue weighted by molar-refractivity contribution is 8.15. The number of nitrogens with two attached hydrogens (primary N) is 1. The van der Waals surface area contributed by atoms with E-state index >= 15 is 0 Å². The van der Waals surface area contributed by atoms with Gasteiger partial charge in [0.1, 0.15) is 0 Å². The van der Waals surface area contributed by atoms with Gasteiger partial charge in [-0.3, -0.25) is 4.98 Å². The van der Waals surface area contributed by atoms with Crippen LogP contribution < -0.4 is 5.73 Å². The van der Waals surface area contributed by atoms with Crippen LogP contribution in [0.1, 0.15) is 18.9 Å². The van der Waals surface area contributed by atoms with Crippen molar-refractivity contribution in [3.63, 3.8) is 0 Å². The van der Waals surface area contributed by atoms with Gasteiger partial charge in [-0.25, -0.2) is 4.42 Å². The molecule has 0 saturated carbocycles. The Labute approximate surface area is 105 Å². The summed E-state index contributed by atoms with van der Waals surface area (Å²) in [5, 5.41) is 8.85. The van der Waals surface area contributed by atoms with Crippen molar-refractivity contribution >= 4 is 17.4 Å². The van der Waals surface area contributed by atoms with Crippen LogP contribution in [0.2, 0.25) is 0 Å². The molecule has 0 atom stereocenters. The minimum absolute atomic E-state index is 0.0906. The molecule has 4 nitrogen and oxygen atoms in total. The van der Waals surface area contributed by atoms with Crippen molar-refractivity contribution in [2.24, 2.45) is 5.73 Å². The summed E-state index contributed by atoms with van der Waals surface area (Å²) in [5.41, 5.74) is 9.04. The fourth-order valence-electron chi connectivity index (χ4n) is 1.16. The molecule has 17 heavy (non-hydrogen) atoms. The fraction of sp³-hybridized carbons (Fsp3) is 0.333. The molecule has 0 amide bonds. The summed E-state index contributed by atoms with van der Waals surface area (Å²) >= 11 is 1.40. The number of rotatable bonds is 6. The third kappa shape index (κ3) is 5.51. The second-order valence-corrected chi connectivity index (χ2v) is 4.39. The maximum Gasteiger partial charge on any atom is 0.347 e. The molecule has 1 aromatic rings. The largest absolute Gasteiger partial charge is 0.402 e. The van der Waals surface area contributed by atoms with Crippen molar-refractivity contribution in [2.45, 2.75) is 20.0 Å². The van der Waals surface area contributed by atoms with E-state index in [9.17, 15) is 0 Å². The Hall–Kier alpha value is -1.33. The molecule has 3 N–H and O–H groups in total. The molecule has 0 spiro atoms. The van der Waals surface area contributed by atoms with Crippen LogP contribution in [0, 0.1) is 0 Å². The molecule has 0 aliphatic carbocycles. The minimum atomic E-state index is 0.0906. The number of pyridine rings is 1. The molecule has 0 fully saturated rings. The topological polar surface area (TPSA) is 70.4 Å². The number of carbonyl (C=O) groups excluding carboxylic acids is 1. The summed E-state index contributed by atoms with van der Waals surface area (Å²) in [6.45, 7) is 2.39. The first-order chi connectivity index (χ1) is 8.24. The van der Waals surface area contributed by atoms with E-state index < -0.39 is 0 Å². The molecule has 0 aromatic carbocycles. The summed E-state index contributed by atoms with van der Waals surface area (Å²) in [4.78, 5) is 4.92. The quantitative estimate of drug-likeness (QED) is 0.597. The zero-order valence-corrected chi connectivity index (χ0v) is 10.6. The number of aromatic nitrogens is 1. The number of allylic oxidation sites excluding steroid dienone is 1. The van der Waals surface area contributed by atoms with E-state index in [1.807, 2.05) is 19.1 Å². The van der Waals surface area contributed by atoms with Gasteiger partial charge in [0.15, 0.2) is 0 Å². The number of thioether (sulfide) groups is 1. The van der Waals surface area contributed by atoms with E-state index in [-0.39, 0.29) is 6.61 Å². The second kappa shape index (κ2) is 7.86. The Morgan fingerprint density at radius 3 is 3.06 bits per heavy atom. The lowest BCUT2D eigenvalue weighted by atomic mass is 10.3.